The Hall–Kier alpha value is -2.05. The SMILES string of the molecule is O=c1[nH]c2[15nH]c(=O)[15nH]c(=O)c2[nH]1. The number of hydrogen-bond acceptors (Lipinski definition) is 3. The van der Waals surface area contributed by atoms with Crippen LogP contribution in [-0.2, 0) is 0 Å². The number of hydrogen-bond donors (Lipinski definition) is 4. The molecule has 12 heavy (non-hydrogen) atoms. The van der Waals surface area contributed by atoms with Gasteiger partial charge in [0.05, 0.1) is 0 Å². The van der Waals surface area contributed by atoms with E-state index in [0.717, 1.165) is 0 Å². The van der Waals surface area contributed by atoms with Crippen molar-refractivity contribution in [1.29, 1.82) is 0 Å². The van der Waals surface area contributed by atoms with Gasteiger partial charge in [0.15, 0.2) is 0 Å². The van der Waals surface area contributed by atoms with Crippen LogP contribution in [0.2, 0.25) is 0 Å². The molecule has 0 unspecified atom stereocenters. The van der Waals surface area contributed by atoms with E-state index in [4.69, 9.17) is 0 Å². The first-order chi connectivity index (χ1) is 5.66. The average Bonchev–Trinajstić information content (AvgIpc) is 2.29. The average molecular weight is 170 g/mol. The van der Waals surface area contributed by atoms with Crippen LogP contribution in [0.25, 0.3) is 11.2 Å². The molecular weight excluding hydrogens is 166 g/mol. The van der Waals surface area contributed by atoms with Gasteiger partial charge in [0.2, 0.25) is 0 Å². The van der Waals surface area contributed by atoms with Crippen LogP contribution in [0.4, 0.5) is 0 Å². The minimum absolute atomic E-state index is 0.0413. The third kappa shape index (κ3) is 0.797. The standard InChI is InChI=1S/C5H4N4O3/c10-3-1-2(7-4(11)6-1)8-5(12)9-3/h(H4,6,7,8,9,10,11,12)/i8+1,9+1. The van der Waals surface area contributed by atoms with Gasteiger partial charge in [-0.15, -0.1) is 0 Å². The maximum Gasteiger partial charge on any atom is 0.327 e. The van der Waals surface area contributed by atoms with Crippen LogP contribution >= 0.6 is 0 Å². The van der Waals surface area contributed by atoms with Gasteiger partial charge in [-0.2, -0.15) is 0 Å². The molecule has 0 aliphatic carbocycles. The number of fused-ring (bicyclic) bond motifs is 1. The molecule has 62 valence electrons. The predicted molar refractivity (Wildman–Crippen MR) is 40.2 cm³/mol. The van der Waals surface area contributed by atoms with E-state index >= 15 is 0 Å². The second-order valence-corrected chi connectivity index (χ2v) is 2.24. The first kappa shape index (κ1) is 6.65. The lowest BCUT2D eigenvalue weighted by molar-refractivity contribution is 1.07. The first-order valence-electron chi connectivity index (χ1n) is 3.11. The lowest BCUT2D eigenvalue weighted by Gasteiger charge is -1.83. The van der Waals surface area contributed by atoms with Crippen LogP contribution in [0.1, 0.15) is 0 Å². The van der Waals surface area contributed by atoms with Crippen molar-refractivity contribution in [1.82, 2.24) is 19.9 Å². The molecule has 0 fully saturated rings. The van der Waals surface area contributed by atoms with Crippen LogP contribution in [0.5, 0.6) is 0 Å². The van der Waals surface area contributed by atoms with Gasteiger partial charge in [-0.3, -0.25) is 24.7 Å². The van der Waals surface area contributed by atoms with E-state index in [1.165, 1.54) is 0 Å². The van der Waals surface area contributed by atoms with Gasteiger partial charge in [-0.05, 0) is 0 Å². The number of imidazole rings is 1. The summed E-state index contributed by atoms with van der Waals surface area (Å²) in [6.45, 7) is 0. The summed E-state index contributed by atoms with van der Waals surface area (Å²) >= 11 is 0. The van der Waals surface area contributed by atoms with Gasteiger partial charge in [0.1, 0.15) is 11.2 Å². The zero-order chi connectivity index (χ0) is 8.72. The predicted octanol–water partition coefficient (Wildman–Crippen LogP) is -1.77. The van der Waals surface area contributed by atoms with Crippen molar-refractivity contribution in [2.45, 2.75) is 0 Å². The summed E-state index contributed by atoms with van der Waals surface area (Å²) in [7, 11) is 0. The third-order valence-electron chi connectivity index (χ3n) is 1.42. The molecule has 7 nitrogen and oxygen atoms in total. The Labute approximate surface area is 63.5 Å². The summed E-state index contributed by atoms with van der Waals surface area (Å²) in [5.41, 5.74) is -1.65. The molecule has 7 heteroatoms. The normalized spacial score (nSPS) is 10.7. The number of aromatic amines is 4. The summed E-state index contributed by atoms with van der Waals surface area (Å²) in [5.74, 6) is 0. The minimum Gasteiger partial charge on any atom is -0.300 e. The molecule has 2 aromatic rings. The fourth-order valence-electron chi connectivity index (χ4n) is 0.958. The number of H-pyrrole nitrogens is 4. The molecule has 0 spiro atoms. The smallest absolute Gasteiger partial charge is 0.300 e. The zero-order valence-electron chi connectivity index (χ0n) is 5.72. The molecule has 0 saturated carbocycles. The van der Waals surface area contributed by atoms with E-state index in [1.54, 1.807) is 0 Å². The minimum atomic E-state index is -0.650. The van der Waals surface area contributed by atoms with Crippen molar-refractivity contribution in [2.75, 3.05) is 0 Å². The van der Waals surface area contributed by atoms with E-state index < -0.39 is 16.9 Å². The maximum absolute atomic E-state index is 10.9. The van der Waals surface area contributed by atoms with Gasteiger partial charge in [-0.1, -0.05) is 0 Å². The van der Waals surface area contributed by atoms with Gasteiger partial charge < -0.3 is 0 Å². The van der Waals surface area contributed by atoms with E-state index in [0.29, 0.717) is 0 Å². The summed E-state index contributed by atoms with van der Waals surface area (Å²) in [6, 6.07) is 0. The van der Waals surface area contributed by atoms with E-state index in [9.17, 15) is 14.4 Å². The highest BCUT2D eigenvalue weighted by atomic mass is 16.2. The fourth-order valence-corrected chi connectivity index (χ4v) is 0.958. The van der Waals surface area contributed by atoms with Crippen LogP contribution in [0.15, 0.2) is 14.4 Å². The highest BCUT2D eigenvalue weighted by molar-refractivity contribution is 5.67. The molecule has 0 aliphatic heterocycles. The van der Waals surface area contributed by atoms with Gasteiger partial charge in [0, 0.05) is 0 Å². The Morgan fingerprint density at radius 1 is 0.750 bits per heavy atom. The first-order valence-corrected chi connectivity index (χ1v) is 3.11. The largest absolute Gasteiger partial charge is 0.327 e. The van der Waals surface area contributed by atoms with Crippen LogP contribution in [0.3, 0.4) is 0 Å². The molecule has 0 radical (unpaired) electrons. The molecule has 0 aromatic carbocycles. The monoisotopic (exact) mass is 170 g/mol. The highest BCUT2D eigenvalue weighted by Gasteiger charge is 2.02. The molecule has 0 saturated heterocycles. The lowest BCUT2D eigenvalue weighted by Crippen LogP contribution is -2.21. The van der Waals surface area contributed by atoms with Gasteiger partial charge in [0.25, 0.3) is 5.56 Å². The fraction of sp³-hybridized carbons (Fsp3) is 0. The lowest BCUT2D eigenvalue weighted by atomic mass is 10.6. The molecule has 2 rings (SSSR count). The molecule has 2 aromatic heterocycles. The second-order valence-electron chi connectivity index (χ2n) is 2.24. The zero-order valence-corrected chi connectivity index (χ0v) is 5.72. The molecule has 4 N–H and O–H groups in total. The van der Waals surface area contributed by atoms with Crippen LogP contribution in [0, 0.1) is 0 Å². The van der Waals surface area contributed by atoms with E-state index in [2.05, 4.69) is 15.0 Å². The third-order valence-corrected chi connectivity index (χ3v) is 1.42. The number of rotatable bonds is 0. The molecule has 2 heterocycles. The summed E-state index contributed by atoms with van der Waals surface area (Å²) in [4.78, 5) is 41.0. The van der Waals surface area contributed by atoms with Crippen molar-refractivity contribution in [3.8, 4) is 0 Å². The second kappa shape index (κ2) is 1.97. The van der Waals surface area contributed by atoms with E-state index in [1.807, 2.05) is 4.98 Å². The van der Waals surface area contributed by atoms with Crippen molar-refractivity contribution >= 4 is 11.2 Å². The van der Waals surface area contributed by atoms with Crippen molar-refractivity contribution in [2.24, 2.45) is 0 Å². The van der Waals surface area contributed by atoms with Crippen molar-refractivity contribution in [3.63, 3.8) is 0 Å². The van der Waals surface area contributed by atoms with Crippen molar-refractivity contribution in [3.05, 3.63) is 31.3 Å². The Bertz CT molecular complexity index is 583. The Morgan fingerprint density at radius 3 is 2.00 bits per heavy atom. The molecule has 0 amide bonds. The number of aromatic nitrogens is 4. The quantitative estimate of drug-likeness (QED) is 0.375. The Balaban J connectivity index is 3.18. The van der Waals surface area contributed by atoms with Gasteiger partial charge in [-0.25, -0.2) is 9.59 Å². The Kier molecular flexibility index (Phi) is 1.09. The Morgan fingerprint density at radius 2 is 1.33 bits per heavy atom. The number of nitrogens with one attached hydrogen (secondary N) is 4. The maximum atomic E-state index is 10.9. The summed E-state index contributed by atoms with van der Waals surface area (Å²) in [5, 5.41) is 0. The van der Waals surface area contributed by atoms with Gasteiger partial charge >= 0.3 is 11.4 Å². The summed E-state index contributed by atoms with van der Waals surface area (Å²) < 4.78 is 0. The van der Waals surface area contributed by atoms with Crippen LogP contribution in [-0.4, -0.2) is 19.9 Å². The molecule has 0 aliphatic rings. The topological polar surface area (TPSA) is 114 Å². The molecule has 0 bridgehead atoms. The molecule has 0 atom stereocenters. The van der Waals surface area contributed by atoms with Crippen molar-refractivity contribution < 1.29 is 0 Å². The molecular formula is C5H4N4O3. The van der Waals surface area contributed by atoms with Crippen LogP contribution < -0.4 is 16.9 Å². The highest BCUT2D eigenvalue weighted by Crippen LogP contribution is 1.88. The summed E-state index contributed by atoms with van der Waals surface area (Å²) in [6.07, 6.45) is 0. The van der Waals surface area contributed by atoms with E-state index in [-0.39, 0.29) is 11.2 Å².